The number of aromatic amines is 1. The van der Waals surface area contributed by atoms with Gasteiger partial charge in [0.1, 0.15) is 54.4 Å². The molecule has 13 N–H and O–H groups in total. The first-order valence-electron chi connectivity index (χ1n) is 26.6. The standard InChI is InChI=1S/C53H83N11O12/c1-27(2)20-35(57-48(70)41-16-13-19-64(41)52(74)39(25-43(54)66)61-46(68)36(21-28(3)4)59-50(72)44(55)31(9)65)45(67)60-38(22-29(5)6)51(73)63-18-12-17-42(63)49(71)58-37(47(69)62-40(53(75)76)23-30(7)8)24-32-26-56-34-15-11-10-14-33(32)34/h10-11,14-15,26-31,35-42,44,56,65H,12-13,16-25,55H2,1-9H3,(H2,54,66)(H,57,70)(H,58,71)(H,59,72)(H,60,67)(H,61,68)(H,62,69)(H,75,76)/t31-,35+,36+,37+,38+,39+,40+,41+,42+,44+/m1/s1. The van der Waals surface area contributed by atoms with Crippen molar-refractivity contribution < 1.29 is 58.2 Å². The highest BCUT2D eigenvalue weighted by molar-refractivity contribution is 5.99. The van der Waals surface area contributed by atoms with Crippen molar-refractivity contribution in [2.75, 3.05) is 13.1 Å². The minimum atomic E-state index is -1.54. The van der Waals surface area contributed by atoms with Crippen LogP contribution in [0.15, 0.2) is 30.5 Å². The third kappa shape index (κ3) is 17.7. The lowest BCUT2D eigenvalue weighted by Crippen LogP contribution is -2.60. The Labute approximate surface area is 444 Å². The number of amides is 9. The lowest BCUT2D eigenvalue weighted by atomic mass is 9.99. The minimum Gasteiger partial charge on any atom is -0.480 e. The van der Waals surface area contributed by atoms with E-state index in [1.807, 2.05) is 65.8 Å². The van der Waals surface area contributed by atoms with Crippen molar-refractivity contribution in [2.45, 2.75) is 187 Å². The highest BCUT2D eigenvalue weighted by atomic mass is 16.4. The number of likely N-dealkylation sites (tertiary alicyclic amines) is 2. The van der Waals surface area contributed by atoms with Crippen LogP contribution in [0.25, 0.3) is 10.9 Å². The maximum Gasteiger partial charge on any atom is 0.326 e. The first-order chi connectivity index (χ1) is 35.7. The smallest absolute Gasteiger partial charge is 0.326 e. The van der Waals surface area contributed by atoms with Gasteiger partial charge in [0.15, 0.2) is 0 Å². The van der Waals surface area contributed by atoms with Crippen LogP contribution in [0.3, 0.4) is 0 Å². The van der Waals surface area contributed by atoms with E-state index in [1.54, 1.807) is 20.0 Å². The van der Waals surface area contributed by atoms with E-state index in [1.165, 1.54) is 16.7 Å². The molecule has 3 heterocycles. The van der Waals surface area contributed by atoms with Crippen molar-refractivity contribution in [3.8, 4) is 0 Å². The molecule has 0 radical (unpaired) electrons. The van der Waals surface area contributed by atoms with Crippen molar-refractivity contribution in [1.82, 2.24) is 46.7 Å². The topological polar surface area (TPSA) is 358 Å². The van der Waals surface area contributed by atoms with Crippen molar-refractivity contribution in [2.24, 2.45) is 35.1 Å². The molecule has 2 aliphatic heterocycles. The van der Waals surface area contributed by atoms with Crippen molar-refractivity contribution >= 4 is 70.0 Å². The van der Waals surface area contributed by atoms with Gasteiger partial charge in [-0.2, -0.15) is 0 Å². The van der Waals surface area contributed by atoms with Crippen molar-refractivity contribution in [3.63, 3.8) is 0 Å². The number of carboxylic acid groups (broad SMARTS) is 1. The third-order valence-corrected chi connectivity index (χ3v) is 13.6. The summed E-state index contributed by atoms with van der Waals surface area (Å²) >= 11 is 0. The first-order valence-corrected chi connectivity index (χ1v) is 26.6. The fourth-order valence-corrected chi connectivity index (χ4v) is 9.77. The Kier molecular flexibility index (Phi) is 23.2. The molecule has 2 fully saturated rings. The van der Waals surface area contributed by atoms with E-state index in [0.29, 0.717) is 18.4 Å². The molecule has 0 saturated carbocycles. The number of aliphatic hydroxyl groups excluding tert-OH is 1. The van der Waals surface area contributed by atoms with E-state index in [-0.39, 0.29) is 81.7 Å². The Bertz CT molecular complexity index is 2390. The molecule has 1 aromatic carbocycles. The molecule has 1 aromatic heterocycles. The number of carbonyl (C=O) groups excluding carboxylic acids is 9. The Morgan fingerprint density at radius 2 is 1.01 bits per heavy atom. The minimum absolute atomic E-state index is 0.00444. The number of carboxylic acids is 1. The fraction of sp³-hybridized carbons (Fsp3) is 0.660. The molecule has 0 unspecified atom stereocenters. The number of aliphatic carboxylic acids is 1. The Balaban J connectivity index is 1.53. The van der Waals surface area contributed by atoms with Crippen LogP contribution in [-0.4, -0.2) is 158 Å². The van der Waals surface area contributed by atoms with E-state index in [2.05, 4.69) is 36.9 Å². The lowest BCUT2D eigenvalue weighted by Gasteiger charge is -2.32. The molecule has 2 saturated heterocycles. The summed E-state index contributed by atoms with van der Waals surface area (Å²) in [5, 5.41) is 36.7. The largest absolute Gasteiger partial charge is 0.480 e. The number of para-hydroxylation sites is 1. The number of rotatable bonds is 28. The molecule has 0 bridgehead atoms. The summed E-state index contributed by atoms with van der Waals surface area (Å²) in [5.41, 5.74) is 12.8. The molecular formula is C53H83N11O12. The summed E-state index contributed by atoms with van der Waals surface area (Å²) in [6, 6.07) is -3.68. The lowest BCUT2D eigenvalue weighted by molar-refractivity contribution is -0.144. The molecule has 10 atom stereocenters. The number of benzene rings is 1. The normalized spacial score (nSPS) is 18.8. The van der Waals surface area contributed by atoms with Gasteiger partial charge in [-0.25, -0.2) is 4.79 Å². The number of nitrogens with two attached hydrogens (primary N) is 2. The highest BCUT2D eigenvalue weighted by Gasteiger charge is 2.43. The average molecular weight is 1070 g/mol. The van der Waals surface area contributed by atoms with Crippen molar-refractivity contribution in [3.05, 3.63) is 36.0 Å². The van der Waals surface area contributed by atoms with Crippen LogP contribution in [-0.2, 0) is 54.4 Å². The molecule has 9 amide bonds. The zero-order valence-electron chi connectivity index (χ0n) is 45.5. The predicted molar refractivity (Wildman–Crippen MR) is 282 cm³/mol. The van der Waals surface area contributed by atoms with Gasteiger partial charge >= 0.3 is 5.97 Å². The van der Waals surface area contributed by atoms with Crippen LogP contribution in [0.4, 0.5) is 0 Å². The number of hydrogen-bond acceptors (Lipinski definition) is 12. The van der Waals surface area contributed by atoms with Gasteiger partial charge in [0.25, 0.3) is 0 Å². The number of nitrogens with zero attached hydrogens (tertiary/aromatic N) is 2. The molecule has 0 aliphatic carbocycles. The third-order valence-electron chi connectivity index (χ3n) is 13.6. The molecule has 422 valence electrons. The first kappa shape index (κ1) is 61.9. The number of hydrogen-bond donors (Lipinski definition) is 11. The van der Waals surface area contributed by atoms with E-state index in [9.17, 15) is 58.2 Å². The van der Waals surface area contributed by atoms with Gasteiger partial charge in [0, 0.05) is 36.6 Å². The highest BCUT2D eigenvalue weighted by Crippen LogP contribution is 2.25. The van der Waals surface area contributed by atoms with Gasteiger partial charge in [-0.15, -0.1) is 0 Å². The van der Waals surface area contributed by atoms with E-state index in [0.717, 1.165) is 10.9 Å². The predicted octanol–water partition coefficient (Wildman–Crippen LogP) is 0.454. The summed E-state index contributed by atoms with van der Waals surface area (Å²) in [5.74, 6) is -8.33. The molecular weight excluding hydrogens is 983 g/mol. The second-order valence-electron chi connectivity index (χ2n) is 22.1. The Morgan fingerprint density at radius 1 is 0.592 bits per heavy atom. The van der Waals surface area contributed by atoms with Gasteiger partial charge in [-0.05, 0) is 93.6 Å². The van der Waals surface area contributed by atoms with Gasteiger partial charge in [0.2, 0.25) is 53.2 Å². The maximum atomic E-state index is 14.6. The number of nitrogens with one attached hydrogen (secondary N) is 7. The molecule has 0 spiro atoms. The summed E-state index contributed by atoms with van der Waals surface area (Å²) in [4.78, 5) is 142. The SMILES string of the molecule is CC(C)C[C@H](NC(=O)[C@H](Cc1c[nH]c2ccccc12)NC(=O)[C@@H]1CCCN1C(=O)[C@H](CC(C)C)NC(=O)[C@H](CC(C)C)NC(=O)[C@@H]1CCCN1C(=O)[C@H](CC(N)=O)NC(=O)[C@H](CC(C)C)NC(=O)[C@@H](N)[C@@H](C)O)C(=O)O. The number of carbonyl (C=O) groups is 10. The zero-order chi connectivity index (χ0) is 56.7. The molecule has 2 aliphatic rings. The number of aliphatic hydroxyl groups is 1. The summed E-state index contributed by atoms with van der Waals surface area (Å²) < 4.78 is 0. The summed E-state index contributed by atoms with van der Waals surface area (Å²) in [6.45, 7) is 16.2. The van der Waals surface area contributed by atoms with Crippen LogP contribution in [0.1, 0.15) is 126 Å². The molecule has 2 aromatic rings. The monoisotopic (exact) mass is 1070 g/mol. The van der Waals surface area contributed by atoms with Gasteiger partial charge in [-0.1, -0.05) is 73.6 Å². The molecule has 4 rings (SSSR count). The average Bonchev–Trinajstić information content (AvgIpc) is 4.12. The second-order valence-corrected chi connectivity index (χ2v) is 22.1. The van der Waals surface area contributed by atoms with E-state index < -0.39 is 126 Å². The second kappa shape index (κ2) is 28.5. The van der Waals surface area contributed by atoms with Crippen LogP contribution >= 0.6 is 0 Å². The molecule has 23 nitrogen and oxygen atoms in total. The van der Waals surface area contributed by atoms with Crippen LogP contribution < -0.4 is 43.4 Å². The number of fused-ring (bicyclic) bond motifs is 1. The quantitative estimate of drug-likeness (QED) is 0.0553. The van der Waals surface area contributed by atoms with Gasteiger partial charge in [0.05, 0.1) is 12.5 Å². The van der Waals surface area contributed by atoms with E-state index in [4.69, 9.17) is 11.5 Å². The Hall–Kier alpha value is -6.62. The number of primary amides is 1. The van der Waals surface area contributed by atoms with Crippen LogP contribution in [0, 0.1) is 23.7 Å². The van der Waals surface area contributed by atoms with Crippen LogP contribution in [0.2, 0.25) is 0 Å². The van der Waals surface area contributed by atoms with Crippen LogP contribution in [0.5, 0.6) is 0 Å². The fourth-order valence-electron chi connectivity index (χ4n) is 9.77. The summed E-state index contributed by atoms with van der Waals surface area (Å²) in [6.07, 6.45) is 1.60. The van der Waals surface area contributed by atoms with E-state index >= 15 is 0 Å². The number of H-pyrrole nitrogens is 1. The Morgan fingerprint density at radius 3 is 1.51 bits per heavy atom. The maximum absolute atomic E-state index is 14.6. The zero-order valence-corrected chi connectivity index (χ0v) is 45.5. The molecule has 76 heavy (non-hydrogen) atoms. The van der Waals surface area contributed by atoms with Crippen molar-refractivity contribution in [1.29, 1.82) is 0 Å². The van der Waals surface area contributed by atoms with Gasteiger partial charge < -0.3 is 68.4 Å². The van der Waals surface area contributed by atoms with Gasteiger partial charge in [-0.3, -0.25) is 43.2 Å². The summed E-state index contributed by atoms with van der Waals surface area (Å²) in [7, 11) is 0. The number of aromatic nitrogens is 1. The molecule has 23 heteroatoms.